The smallest absolute Gasteiger partial charge is 0.277 e. The number of carbonyl (C=O) groups is 1. The molecule has 9 nitrogen and oxygen atoms in total. The second kappa shape index (κ2) is 12.9. The highest BCUT2D eigenvalue weighted by Gasteiger charge is 2.38. The molecule has 1 saturated carbocycles. The number of amides is 1. The third kappa shape index (κ3) is 7.31. The topological polar surface area (TPSA) is 121 Å². The van der Waals surface area contributed by atoms with Crippen molar-refractivity contribution in [1.82, 2.24) is 19.7 Å². The molecular formula is C28H35N5O4S. The van der Waals surface area contributed by atoms with Crippen LogP contribution in [0.3, 0.4) is 0 Å². The van der Waals surface area contributed by atoms with Gasteiger partial charge in [-0.3, -0.25) is 4.79 Å². The molecule has 38 heavy (non-hydrogen) atoms. The normalized spacial score (nSPS) is 19.4. The van der Waals surface area contributed by atoms with Crippen molar-refractivity contribution < 1.29 is 17.9 Å². The van der Waals surface area contributed by atoms with Crippen molar-refractivity contribution in [1.29, 1.82) is 0 Å². The van der Waals surface area contributed by atoms with Gasteiger partial charge in [0.2, 0.25) is 0 Å². The molecule has 1 fully saturated rings. The number of ether oxygens (including phenoxy) is 1. The van der Waals surface area contributed by atoms with Crippen LogP contribution < -0.4 is 24.8 Å². The summed E-state index contributed by atoms with van der Waals surface area (Å²) < 4.78 is 36.0. The summed E-state index contributed by atoms with van der Waals surface area (Å²) in [6.07, 6.45) is 4.46. The maximum absolute atomic E-state index is 13.0. The fraction of sp³-hybridized carbons (Fsp3) is 0.357. The summed E-state index contributed by atoms with van der Waals surface area (Å²) in [5.74, 6) is 1.03. The number of hydrogen-bond acceptors (Lipinski definition) is 6. The first kappa shape index (κ1) is 27.6. The highest BCUT2D eigenvalue weighted by molar-refractivity contribution is 7.87. The second-order valence-corrected chi connectivity index (χ2v) is 11.0. The van der Waals surface area contributed by atoms with Crippen LogP contribution >= 0.6 is 0 Å². The molecule has 1 aliphatic rings. The van der Waals surface area contributed by atoms with Gasteiger partial charge in [0.25, 0.3) is 16.1 Å². The van der Waals surface area contributed by atoms with E-state index in [0.717, 1.165) is 18.4 Å². The highest BCUT2D eigenvalue weighted by atomic mass is 32.2. The largest absolute Gasteiger partial charge is 0.496 e. The molecule has 0 radical (unpaired) electrons. The van der Waals surface area contributed by atoms with Crippen LogP contribution in [-0.4, -0.2) is 52.1 Å². The minimum Gasteiger partial charge on any atom is -0.496 e. The molecule has 3 aromatic rings. The van der Waals surface area contributed by atoms with E-state index in [2.05, 4.69) is 37.2 Å². The van der Waals surface area contributed by atoms with E-state index in [1.807, 2.05) is 48.5 Å². The molecule has 0 atom stereocenters. The molecule has 0 bridgehead atoms. The first-order valence-corrected chi connectivity index (χ1v) is 14.3. The van der Waals surface area contributed by atoms with E-state index < -0.39 is 10.2 Å². The molecule has 1 heterocycles. The Kier molecular flexibility index (Phi) is 9.33. The molecule has 0 saturated heterocycles. The van der Waals surface area contributed by atoms with E-state index in [4.69, 9.17) is 4.74 Å². The van der Waals surface area contributed by atoms with Gasteiger partial charge in [-0.25, -0.2) is 9.71 Å². The quantitative estimate of drug-likeness (QED) is 0.263. The van der Waals surface area contributed by atoms with Crippen LogP contribution in [0.1, 0.15) is 41.6 Å². The van der Waals surface area contributed by atoms with E-state index in [0.29, 0.717) is 43.1 Å². The predicted octanol–water partition coefficient (Wildman–Crippen LogP) is 3.24. The van der Waals surface area contributed by atoms with Crippen LogP contribution in [0.2, 0.25) is 0 Å². The maximum Gasteiger partial charge on any atom is 0.277 e. The average Bonchev–Trinajstić information content (AvgIpc) is 2.96. The third-order valence-corrected chi connectivity index (χ3v) is 8.21. The summed E-state index contributed by atoms with van der Waals surface area (Å²) in [6.45, 7) is 1.11. The second-order valence-electron chi connectivity index (χ2n) is 9.46. The van der Waals surface area contributed by atoms with E-state index >= 15 is 0 Å². The lowest BCUT2D eigenvalue weighted by Crippen LogP contribution is -2.49. The van der Waals surface area contributed by atoms with E-state index in [9.17, 15) is 13.2 Å². The molecule has 1 amide bonds. The van der Waals surface area contributed by atoms with Crippen molar-refractivity contribution in [3.8, 4) is 5.75 Å². The highest BCUT2D eigenvalue weighted by Crippen LogP contribution is 2.39. The average molecular weight is 538 g/mol. The molecule has 1 aliphatic carbocycles. The van der Waals surface area contributed by atoms with Crippen molar-refractivity contribution in [2.45, 2.75) is 37.1 Å². The Balaban J connectivity index is 1.34. The summed E-state index contributed by atoms with van der Waals surface area (Å²) in [5.41, 5.74) is 1.34. The Bertz CT molecular complexity index is 1280. The van der Waals surface area contributed by atoms with Crippen molar-refractivity contribution in [3.05, 3.63) is 90.1 Å². The number of hydrogen-bond donors (Lipinski definition) is 4. The van der Waals surface area contributed by atoms with Gasteiger partial charge >= 0.3 is 0 Å². The Morgan fingerprint density at radius 1 is 0.974 bits per heavy atom. The van der Waals surface area contributed by atoms with Gasteiger partial charge in [0.15, 0.2) is 0 Å². The number of rotatable bonds is 12. The van der Waals surface area contributed by atoms with Crippen molar-refractivity contribution in [2.24, 2.45) is 0 Å². The maximum atomic E-state index is 13.0. The first-order chi connectivity index (χ1) is 18.4. The summed E-state index contributed by atoms with van der Waals surface area (Å²) in [4.78, 5) is 17.2. The molecule has 2 aromatic carbocycles. The van der Waals surface area contributed by atoms with Gasteiger partial charge in [-0.1, -0.05) is 48.5 Å². The molecule has 1 aromatic heterocycles. The number of aromatic nitrogens is 1. The minimum absolute atomic E-state index is 0.182. The Morgan fingerprint density at radius 2 is 1.68 bits per heavy atom. The molecule has 0 aliphatic heterocycles. The lowest BCUT2D eigenvalue weighted by molar-refractivity contribution is 0.0932. The van der Waals surface area contributed by atoms with Crippen molar-refractivity contribution >= 4 is 21.9 Å². The van der Waals surface area contributed by atoms with Gasteiger partial charge in [-0.05, 0) is 55.5 Å². The van der Waals surface area contributed by atoms with Crippen LogP contribution in [0.15, 0.2) is 79.0 Å². The SMILES string of the molecule is COc1ccccc1C(=O)NC[C@]1(c2ccccc2)CC[C@H](NS(=O)(=O)NCCNc2ccccn2)CC1. The summed E-state index contributed by atoms with van der Waals surface area (Å²) >= 11 is 0. The van der Waals surface area contributed by atoms with Crippen molar-refractivity contribution in [2.75, 3.05) is 32.1 Å². The molecule has 202 valence electrons. The zero-order valence-corrected chi connectivity index (χ0v) is 22.3. The summed E-state index contributed by atoms with van der Waals surface area (Å²) in [6, 6.07) is 22.6. The van der Waals surface area contributed by atoms with Gasteiger partial charge < -0.3 is 15.4 Å². The van der Waals surface area contributed by atoms with Crippen molar-refractivity contribution in [3.63, 3.8) is 0 Å². The molecular weight excluding hydrogens is 502 g/mol. The minimum atomic E-state index is -3.65. The Labute approximate surface area is 224 Å². The zero-order chi connectivity index (χ0) is 26.8. The van der Waals surface area contributed by atoms with E-state index in [1.165, 1.54) is 0 Å². The number of para-hydroxylation sites is 1. The fourth-order valence-electron chi connectivity index (χ4n) is 4.93. The number of anilines is 1. The van der Waals surface area contributed by atoms with Crippen LogP contribution in [0.4, 0.5) is 5.82 Å². The summed E-state index contributed by atoms with van der Waals surface area (Å²) in [5, 5.41) is 6.20. The standard InChI is InChI=1S/C28H35N5O4S/c1-37-25-12-6-5-11-24(25)27(34)31-21-28(22-9-3-2-4-10-22)16-14-23(15-17-28)33-38(35,36)32-20-19-30-26-13-7-8-18-29-26/h2-13,18,23,32-33H,14-17,19-21H2,1H3,(H,29,30)(H,31,34)/t23-,28-. The monoisotopic (exact) mass is 537 g/mol. The number of carbonyl (C=O) groups excluding carboxylic acids is 1. The molecule has 10 heteroatoms. The van der Waals surface area contributed by atoms with Gasteiger partial charge in [-0.2, -0.15) is 13.1 Å². The van der Waals surface area contributed by atoms with Gasteiger partial charge in [0, 0.05) is 37.3 Å². The van der Waals surface area contributed by atoms with Crippen LogP contribution in [0.5, 0.6) is 5.75 Å². The fourth-order valence-corrected chi connectivity index (χ4v) is 6.06. The number of nitrogens with one attached hydrogen (secondary N) is 4. The van der Waals surface area contributed by atoms with E-state index in [1.54, 1.807) is 25.4 Å². The van der Waals surface area contributed by atoms with Crippen LogP contribution in [0, 0.1) is 0 Å². The number of benzene rings is 2. The molecule has 0 spiro atoms. The van der Waals surface area contributed by atoms with Gasteiger partial charge in [0.05, 0.1) is 12.7 Å². The van der Waals surface area contributed by atoms with E-state index in [-0.39, 0.29) is 23.9 Å². The molecule has 4 rings (SSSR count). The number of nitrogens with zero attached hydrogens (tertiary/aromatic N) is 1. The van der Waals surface area contributed by atoms with Gasteiger partial charge in [-0.15, -0.1) is 0 Å². The lowest BCUT2D eigenvalue weighted by Gasteiger charge is -2.41. The Hall–Kier alpha value is -3.47. The molecule has 0 unspecified atom stereocenters. The lowest BCUT2D eigenvalue weighted by atomic mass is 9.68. The van der Waals surface area contributed by atoms with Crippen LogP contribution in [0.25, 0.3) is 0 Å². The number of methoxy groups -OCH3 is 1. The zero-order valence-electron chi connectivity index (χ0n) is 21.5. The first-order valence-electron chi connectivity index (χ1n) is 12.8. The van der Waals surface area contributed by atoms with Crippen LogP contribution in [-0.2, 0) is 15.6 Å². The third-order valence-electron chi connectivity index (χ3n) is 6.98. The number of pyridine rings is 1. The molecule has 4 N–H and O–H groups in total. The summed E-state index contributed by atoms with van der Waals surface area (Å²) in [7, 11) is -2.10. The van der Waals surface area contributed by atoms with Gasteiger partial charge in [0.1, 0.15) is 11.6 Å². The predicted molar refractivity (Wildman–Crippen MR) is 148 cm³/mol. The Morgan fingerprint density at radius 3 is 2.39 bits per heavy atom.